The molecule has 2 atom stereocenters. The summed E-state index contributed by atoms with van der Waals surface area (Å²) in [6.45, 7) is 7.56. The molecule has 10 heteroatoms. The Labute approximate surface area is 286 Å². The Morgan fingerprint density at radius 3 is 2.31 bits per heavy atom. The van der Waals surface area contributed by atoms with E-state index in [4.69, 9.17) is 26.7 Å². The van der Waals surface area contributed by atoms with Gasteiger partial charge in [0.2, 0.25) is 0 Å². The van der Waals surface area contributed by atoms with Crippen LogP contribution in [0.2, 0.25) is 0 Å². The fraction of sp³-hybridized carbons (Fsp3) is 0.237. The van der Waals surface area contributed by atoms with Gasteiger partial charge in [0.1, 0.15) is 5.75 Å². The molecule has 2 saturated heterocycles. The molecule has 0 aliphatic carbocycles. The maximum absolute atomic E-state index is 12.6. The zero-order valence-corrected chi connectivity index (χ0v) is 27.8. The minimum atomic E-state index is -0.233. The van der Waals surface area contributed by atoms with Crippen LogP contribution in [0.1, 0.15) is 34.7 Å². The van der Waals surface area contributed by atoms with E-state index < -0.39 is 0 Å². The van der Waals surface area contributed by atoms with Gasteiger partial charge in [-0.2, -0.15) is 0 Å². The molecule has 3 aromatic carbocycles. The molecule has 0 saturated carbocycles. The Hall–Kier alpha value is -5.19. The number of nitrogens with one attached hydrogen (secondary N) is 2. The van der Waals surface area contributed by atoms with Crippen LogP contribution in [0.3, 0.4) is 0 Å². The Bertz CT molecular complexity index is 1870. The number of aryl methyl sites for hydroxylation is 1. The van der Waals surface area contributed by atoms with Crippen LogP contribution >= 0.6 is 12.2 Å². The van der Waals surface area contributed by atoms with E-state index in [0.717, 1.165) is 60.3 Å². The van der Waals surface area contributed by atoms with E-state index in [1.165, 1.54) is 5.69 Å². The first-order valence-electron chi connectivity index (χ1n) is 16.2. The van der Waals surface area contributed by atoms with Crippen molar-refractivity contribution in [2.45, 2.75) is 25.9 Å². The van der Waals surface area contributed by atoms with Gasteiger partial charge in [-0.1, -0.05) is 24.3 Å². The van der Waals surface area contributed by atoms with Crippen molar-refractivity contribution in [3.63, 3.8) is 0 Å². The van der Waals surface area contributed by atoms with Crippen LogP contribution in [0.5, 0.6) is 5.75 Å². The van der Waals surface area contributed by atoms with E-state index in [1.807, 2.05) is 79.0 Å². The van der Waals surface area contributed by atoms with Gasteiger partial charge in [-0.3, -0.25) is 9.78 Å². The molecule has 2 N–H and O–H groups in total. The van der Waals surface area contributed by atoms with Crippen molar-refractivity contribution >= 4 is 40.3 Å². The number of ether oxygens (including phenoxy) is 2. The minimum Gasteiger partial charge on any atom is -0.484 e. The van der Waals surface area contributed by atoms with Crippen molar-refractivity contribution in [2.75, 3.05) is 48.0 Å². The first-order valence-corrected chi connectivity index (χ1v) is 16.6. The number of hydrogen-bond donors (Lipinski definition) is 2. The quantitative estimate of drug-likeness (QED) is 0.173. The fourth-order valence-electron chi connectivity index (χ4n) is 6.64. The highest BCUT2D eigenvalue weighted by Crippen LogP contribution is 2.44. The third kappa shape index (κ3) is 6.49. The van der Waals surface area contributed by atoms with Gasteiger partial charge in [0.25, 0.3) is 5.91 Å². The van der Waals surface area contributed by atoms with Crippen LogP contribution in [-0.4, -0.2) is 53.5 Å². The summed E-state index contributed by atoms with van der Waals surface area (Å²) in [6.07, 6.45) is 1.82. The van der Waals surface area contributed by atoms with E-state index >= 15 is 0 Å². The summed E-state index contributed by atoms with van der Waals surface area (Å²) in [5, 5.41) is 7.11. The zero-order chi connectivity index (χ0) is 33.0. The van der Waals surface area contributed by atoms with Crippen LogP contribution < -0.4 is 25.2 Å². The SMILES string of the molecule is Cc1cc(C2C(c3ccccn3)NC(=S)N2c2ccc(NC(=O)COc3ccccc3)cc2)c(C)n1-c1ccc(N2CCOCC2)cc1. The second-order valence-corrected chi connectivity index (χ2v) is 12.4. The fourth-order valence-corrected chi connectivity index (χ4v) is 6.98. The summed E-state index contributed by atoms with van der Waals surface area (Å²) in [7, 11) is 0. The Morgan fingerprint density at radius 1 is 0.917 bits per heavy atom. The molecule has 5 aromatic rings. The number of thiocarbonyl (C=S) groups is 1. The molecule has 2 aliphatic heterocycles. The molecule has 48 heavy (non-hydrogen) atoms. The van der Waals surface area contributed by atoms with Gasteiger partial charge >= 0.3 is 0 Å². The summed E-state index contributed by atoms with van der Waals surface area (Å²) in [6, 6.07) is 33.7. The molecule has 0 radical (unpaired) electrons. The third-order valence-corrected chi connectivity index (χ3v) is 9.23. The van der Waals surface area contributed by atoms with Gasteiger partial charge in [-0.05, 0) is 110 Å². The second kappa shape index (κ2) is 13.9. The van der Waals surface area contributed by atoms with E-state index in [9.17, 15) is 4.79 Å². The standard InChI is InChI=1S/C38H38N6O3S/c1-26-24-33(27(2)43(26)30-17-15-29(16-18-30)42-20-22-46-23-21-42)37-36(34-10-6-7-19-39-34)41-38(48)44(37)31-13-11-28(12-14-31)40-35(45)25-47-32-8-4-3-5-9-32/h3-19,24,36-37H,20-23,25H2,1-2H3,(H,40,45)(H,41,48). The van der Waals surface area contributed by atoms with Gasteiger partial charge < -0.3 is 34.5 Å². The maximum atomic E-state index is 12.6. The van der Waals surface area contributed by atoms with Crippen molar-refractivity contribution in [2.24, 2.45) is 0 Å². The normalized spacial score (nSPS) is 17.7. The van der Waals surface area contributed by atoms with E-state index in [2.05, 4.69) is 69.2 Å². The molecule has 0 spiro atoms. The highest BCUT2D eigenvalue weighted by Gasteiger charge is 2.42. The van der Waals surface area contributed by atoms with Crippen molar-refractivity contribution in [3.8, 4) is 11.4 Å². The molecule has 2 aliphatic rings. The lowest BCUT2D eigenvalue weighted by atomic mass is 9.96. The van der Waals surface area contributed by atoms with E-state index in [-0.39, 0.29) is 24.6 Å². The second-order valence-electron chi connectivity index (χ2n) is 12.0. The molecule has 2 fully saturated rings. The first kappa shape index (κ1) is 31.4. The van der Waals surface area contributed by atoms with Gasteiger partial charge in [-0.25, -0.2) is 0 Å². The molecular weight excluding hydrogens is 621 g/mol. The summed E-state index contributed by atoms with van der Waals surface area (Å²) in [5.41, 5.74) is 8.24. The topological polar surface area (TPSA) is 83.9 Å². The number of pyridine rings is 1. The Morgan fingerprint density at radius 2 is 1.60 bits per heavy atom. The van der Waals surface area contributed by atoms with Crippen molar-refractivity contribution in [1.29, 1.82) is 0 Å². The first-order chi connectivity index (χ1) is 23.5. The Balaban J connectivity index is 1.17. The zero-order valence-electron chi connectivity index (χ0n) is 27.0. The molecule has 1 amide bonds. The monoisotopic (exact) mass is 658 g/mol. The maximum Gasteiger partial charge on any atom is 0.262 e. The van der Waals surface area contributed by atoms with Crippen LogP contribution in [0.15, 0.2) is 109 Å². The number of para-hydroxylation sites is 1. The third-order valence-electron chi connectivity index (χ3n) is 8.91. The molecule has 9 nitrogen and oxygen atoms in total. The number of carbonyl (C=O) groups is 1. The summed E-state index contributed by atoms with van der Waals surface area (Å²) in [5.74, 6) is 0.416. The van der Waals surface area contributed by atoms with Crippen LogP contribution in [0.4, 0.5) is 17.1 Å². The summed E-state index contributed by atoms with van der Waals surface area (Å²) >= 11 is 5.99. The summed E-state index contributed by atoms with van der Waals surface area (Å²) < 4.78 is 13.5. The molecule has 4 heterocycles. The van der Waals surface area contributed by atoms with Crippen LogP contribution in [0.25, 0.3) is 5.69 Å². The van der Waals surface area contributed by atoms with E-state index in [1.54, 1.807) is 0 Å². The predicted octanol–water partition coefficient (Wildman–Crippen LogP) is 6.52. The van der Waals surface area contributed by atoms with Gasteiger partial charge in [-0.15, -0.1) is 0 Å². The van der Waals surface area contributed by atoms with Gasteiger partial charge in [0.15, 0.2) is 11.7 Å². The minimum absolute atomic E-state index is 0.0781. The van der Waals surface area contributed by atoms with Gasteiger partial charge in [0.05, 0.1) is 31.0 Å². The molecule has 7 rings (SSSR count). The highest BCUT2D eigenvalue weighted by atomic mass is 32.1. The number of aromatic nitrogens is 2. The lowest BCUT2D eigenvalue weighted by molar-refractivity contribution is -0.118. The number of rotatable bonds is 9. The molecule has 2 aromatic heterocycles. The smallest absolute Gasteiger partial charge is 0.262 e. The largest absolute Gasteiger partial charge is 0.484 e. The number of carbonyl (C=O) groups excluding carboxylic acids is 1. The lowest BCUT2D eigenvalue weighted by Crippen LogP contribution is -2.36. The van der Waals surface area contributed by atoms with Gasteiger partial charge in [0, 0.05) is 53.4 Å². The summed E-state index contributed by atoms with van der Waals surface area (Å²) in [4.78, 5) is 21.9. The predicted molar refractivity (Wildman–Crippen MR) is 193 cm³/mol. The Kier molecular flexibility index (Phi) is 9.09. The number of nitrogens with zero attached hydrogens (tertiary/aromatic N) is 4. The van der Waals surface area contributed by atoms with Crippen molar-refractivity contribution in [3.05, 3.63) is 132 Å². The molecule has 244 valence electrons. The highest BCUT2D eigenvalue weighted by molar-refractivity contribution is 7.80. The van der Waals surface area contributed by atoms with E-state index in [0.29, 0.717) is 16.5 Å². The lowest BCUT2D eigenvalue weighted by Gasteiger charge is -2.29. The van der Waals surface area contributed by atoms with Crippen LogP contribution in [0, 0.1) is 13.8 Å². The van der Waals surface area contributed by atoms with Crippen molar-refractivity contribution in [1.82, 2.24) is 14.9 Å². The van der Waals surface area contributed by atoms with Crippen molar-refractivity contribution < 1.29 is 14.3 Å². The number of morpholine rings is 1. The molecular formula is C38H38N6O3S. The molecule has 0 bridgehead atoms. The number of hydrogen-bond acceptors (Lipinski definition) is 6. The van der Waals surface area contributed by atoms with Crippen LogP contribution in [-0.2, 0) is 9.53 Å². The molecule has 2 unspecified atom stereocenters. The average molecular weight is 659 g/mol. The average Bonchev–Trinajstić information content (AvgIpc) is 3.63. The number of amides is 1. The number of benzene rings is 3. The number of anilines is 3.